The van der Waals surface area contributed by atoms with E-state index >= 15 is 0 Å². The summed E-state index contributed by atoms with van der Waals surface area (Å²) >= 11 is 6.48. The molecule has 0 saturated heterocycles. The number of hydrogen-bond donors (Lipinski definition) is 0. The van der Waals surface area contributed by atoms with Crippen molar-refractivity contribution in [2.45, 2.75) is 6.92 Å². The van der Waals surface area contributed by atoms with E-state index in [2.05, 4.69) is 0 Å². The van der Waals surface area contributed by atoms with Crippen molar-refractivity contribution in [1.29, 1.82) is 0 Å². The maximum Gasteiger partial charge on any atom is 0.185 e. The van der Waals surface area contributed by atoms with Crippen LogP contribution >= 0.6 is 11.6 Å². The Labute approximate surface area is 167 Å². The van der Waals surface area contributed by atoms with Gasteiger partial charge in [-0.1, -0.05) is 60.1 Å². The third kappa shape index (κ3) is 3.14. The SMILES string of the molecule is Cc1c(-c2ccccc2Cl)n(-c2ccccc2)c(-c2ccccc2F)cc1=O. The number of benzene rings is 3. The molecule has 28 heavy (non-hydrogen) atoms. The molecule has 4 heteroatoms. The Kier molecular flexibility index (Phi) is 4.84. The number of aromatic nitrogens is 1. The molecule has 0 amide bonds. The van der Waals surface area contributed by atoms with Crippen LogP contribution in [0.2, 0.25) is 5.02 Å². The Hall–Kier alpha value is -3.17. The first-order valence-electron chi connectivity index (χ1n) is 8.90. The Balaban J connectivity index is 2.19. The summed E-state index contributed by atoms with van der Waals surface area (Å²) < 4.78 is 16.6. The molecule has 3 aromatic carbocycles. The van der Waals surface area contributed by atoms with Gasteiger partial charge >= 0.3 is 0 Å². The topological polar surface area (TPSA) is 22.0 Å². The molecule has 0 radical (unpaired) electrons. The predicted octanol–water partition coefficient (Wildman–Crippen LogP) is 6.27. The molecular formula is C24H17ClFNO. The van der Waals surface area contributed by atoms with E-state index in [0.717, 1.165) is 11.3 Å². The average Bonchev–Trinajstić information content (AvgIpc) is 2.71. The Morgan fingerprint density at radius 2 is 1.43 bits per heavy atom. The summed E-state index contributed by atoms with van der Waals surface area (Å²) in [6.07, 6.45) is 0. The Bertz CT molecular complexity index is 1210. The minimum absolute atomic E-state index is 0.166. The highest BCUT2D eigenvalue weighted by Crippen LogP contribution is 2.35. The Morgan fingerprint density at radius 3 is 2.11 bits per heavy atom. The van der Waals surface area contributed by atoms with E-state index in [-0.39, 0.29) is 11.2 Å². The van der Waals surface area contributed by atoms with Crippen LogP contribution in [-0.2, 0) is 0 Å². The van der Waals surface area contributed by atoms with E-state index in [1.54, 1.807) is 31.2 Å². The van der Waals surface area contributed by atoms with Crippen LogP contribution in [-0.4, -0.2) is 4.57 Å². The van der Waals surface area contributed by atoms with Gasteiger partial charge in [0.05, 0.1) is 11.4 Å². The molecule has 1 aromatic heterocycles. The van der Waals surface area contributed by atoms with Crippen LogP contribution < -0.4 is 5.43 Å². The first-order valence-corrected chi connectivity index (χ1v) is 9.27. The van der Waals surface area contributed by atoms with Crippen LogP contribution in [0, 0.1) is 12.7 Å². The fourth-order valence-corrected chi connectivity index (χ4v) is 3.62. The van der Waals surface area contributed by atoms with E-state index in [1.807, 2.05) is 53.1 Å². The molecule has 0 N–H and O–H groups in total. The summed E-state index contributed by atoms with van der Waals surface area (Å²) in [5.74, 6) is -0.388. The van der Waals surface area contributed by atoms with Crippen molar-refractivity contribution in [2.75, 3.05) is 0 Å². The van der Waals surface area contributed by atoms with Gasteiger partial charge in [-0.05, 0) is 37.3 Å². The number of nitrogens with zero attached hydrogens (tertiary/aromatic N) is 1. The van der Waals surface area contributed by atoms with E-state index in [1.165, 1.54) is 12.1 Å². The second-order valence-electron chi connectivity index (χ2n) is 6.50. The molecule has 4 rings (SSSR count). The van der Waals surface area contributed by atoms with Gasteiger partial charge in [-0.15, -0.1) is 0 Å². The van der Waals surface area contributed by atoms with Crippen LogP contribution in [0.25, 0.3) is 28.2 Å². The van der Waals surface area contributed by atoms with Gasteiger partial charge in [0.25, 0.3) is 0 Å². The molecule has 0 spiro atoms. The first-order chi connectivity index (χ1) is 13.6. The largest absolute Gasteiger partial charge is 0.309 e. The second-order valence-corrected chi connectivity index (χ2v) is 6.91. The fourth-order valence-electron chi connectivity index (χ4n) is 3.39. The standard InChI is InChI=1S/C24H17ClFNO/c1-16-23(28)15-22(19-12-6-8-14-21(19)26)27(17-9-3-2-4-10-17)24(16)18-11-5-7-13-20(18)25/h2-15H,1H3. The van der Waals surface area contributed by atoms with Crippen molar-refractivity contribution in [3.63, 3.8) is 0 Å². The smallest absolute Gasteiger partial charge is 0.185 e. The van der Waals surface area contributed by atoms with Crippen molar-refractivity contribution in [3.8, 4) is 28.2 Å². The van der Waals surface area contributed by atoms with Crippen molar-refractivity contribution < 1.29 is 4.39 Å². The molecule has 0 aliphatic heterocycles. The number of para-hydroxylation sites is 1. The van der Waals surface area contributed by atoms with Crippen LogP contribution in [0.4, 0.5) is 4.39 Å². The van der Waals surface area contributed by atoms with Crippen LogP contribution in [0.15, 0.2) is 89.7 Å². The highest BCUT2D eigenvalue weighted by Gasteiger charge is 2.20. The monoisotopic (exact) mass is 389 g/mol. The summed E-state index contributed by atoms with van der Waals surface area (Å²) in [6, 6.07) is 24.9. The summed E-state index contributed by atoms with van der Waals surface area (Å²) in [4.78, 5) is 12.8. The van der Waals surface area contributed by atoms with Crippen molar-refractivity contribution in [3.05, 3.63) is 112 Å². The van der Waals surface area contributed by atoms with Gasteiger partial charge in [0, 0.05) is 33.5 Å². The third-order valence-corrected chi connectivity index (χ3v) is 5.08. The lowest BCUT2D eigenvalue weighted by atomic mass is 10.0. The molecule has 1 heterocycles. The van der Waals surface area contributed by atoms with Gasteiger partial charge in [-0.25, -0.2) is 4.39 Å². The summed E-state index contributed by atoms with van der Waals surface area (Å²) in [6.45, 7) is 1.77. The number of rotatable bonds is 3. The minimum Gasteiger partial charge on any atom is -0.309 e. The zero-order valence-electron chi connectivity index (χ0n) is 15.2. The lowest BCUT2D eigenvalue weighted by Crippen LogP contribution is -2.16. The number of hydrogen-bond acceptors (Lipinski definition) is 1. The average molecular weight is 390 g/mol. The maximum atomic E-state index is 14.7. The lowest BCUT2D eigenvalue weighted by molar-refractivity contribution is 0.630. The molecule has 0 fully saturated rings. The van der Waals surface area contributed by atoms with E-state index in [9.17, 15) is 9.18 Å². The molecule has 4 aromatic rings. The second kappa shape index (κ2) is 7.45. The lowest BCUT2D eigenvalue weighted by Gasteiger charge is -2.22. The van der Waals surface area contributed by atoms with E-state index < -0.39 is 0 Å². The summed E-state index contributed by atoms with van der Waals surface area (Å²) in [5, 5.41) is 0.528. The molecule has 0 bridgehead atoms. The zero-order chi connectivity index (χ0) is 19.7. The number of pyridine rings is 1. The van der Waals surface area contributed by atoms with Gasteiger partial charge in [-0.2, -0.15) is 0 Å². The molecule has 0 aliphatic carbocycles. The van der Waals surface area contributed by atoms with E-state index in [0.29, 0.717) is 27.5 Å². The maximum absolute atomic E-state index is 14.7. The summed E-state index contributed by atoms with van der Waals surface area (Å²) in [7, 11) is 0. The zero-order valence-corrected chi connectivity index (χ0v) is 16.0. The molecule has 0 aliphatic rings. The molecule has 138 valence electrons. The number of halogens is 2. The molecule has 2 nitrogen and oxygen atoms in total. The van der Waals surface area contributed by atoms with Gasteiger partial charge in [0.15, 0.2) is 5.43 Å². The fraction of sp³-hybridized carbons (Fsp3) is 0.0417. The highest BCUT2D eigenvalue weighted by atomic mass is 35.5. The van der Waals surface area contributed by atoms with Gasteiger partial charge in [0.2, 0.25) is 0 Å². The molecule has 0 saturated carbocycles. The van der Waals surface area contributed by atoms with Crippen molar-refractivity contribution >= 4 is 11.6 Å². The van der Waals surface area contributed by atoms with Crippen molar-refractivity contribution in [1.82, 2.24) is 4.57 Å². The third-order valence-electron chi connectivity index (χ3n) is 4.75. The molecule has 0 atom stereocenters. The van der Waals surface area contributed by atoms with Crippen molar-refractivity contribution in [2.24, 2.45) is 0 Å². The minimum atomic E-state index is -0.388. The first kappa shape index (κ1) is 18.2. The Morgan fingerprint density at radius 1 is 0.821 bits per heavy atom. The van der Waals surface area contributed by atoms with Crippen LogP contribution in [0.3, 0.4) is 0 Å². The normalized spacial score (nSPS) is 10.8. The summed E-state index contributed by atoms with van der Waals surface area (Å²) in [5.41, 5.74) is 3.42. The van der Waals surface area contributed by atoms with Crippen LogP contribution in [0.5, 0.6) is 0 Å². The van der Waals surface area contributed by atoms with Crippen LogP contribution in [0.1, 0.15) is 5.56 Å². The van der Waals surface area contributed by atoms with Gasteiger partial charge in [-0.3, -0.25) is 4.79 Å². The van der Waals surface area contributed by atoms with E-state index in [4.69, 9.17) is 11.6 Å². The van der Waals surface area contributed by atoms with Gasteiger partial charge < -0.3 is 4.57 Å². The van der Waals surface area contributed by atoms with Gasteiger partial charge in [0.1, 0.15) is 5.82 Å². The predicted molar refractivity (Wildman–Crippen MR) is 113 cm³/mol. The quantitative estimate of drug-likeness (QED) is 0.404. The molecular weight excluding hydrogens is 373 g/mol. The highest BCUT2D eigenvalue weighted by molar-refractivity contribution is 6.33. The molecule has 0 unspecified atom stereocenters.